The smallest absolute Gasteiger partial charge is 0.0291 e. The second-order valence-electron chi connectivity index (χ2n) is 13.5. The van der Waals surface area contributed by atoms with E-state index in [-0.39, 0.29) is 0 Å². The number of nitrogens with one attached hydrogen (secondary N) is 2. The highest BCUT2D eigenvalue weighted by Crippen LogP contribution is 2.14. The first-order valence-electron chi connectivity index (χ1n) is 18.8. The molecule has 48 heavy (non-hydrogen) atoms. The van der Waals surface area contributed by atoms with Crippen LogP contribution in [0.3, 0.4) is 0 Å². The summed E-state index contributed by atoms with van der Waals surface area (Å²) in [5.74, 6) is 0. The van der Waals surface area contributed by atoms with Gasteiger partial charge in [0.25, 0.3) is 0 Å². The van der Waals surface area contributed by atoms with Gasteiger partial charge in [-0.1, -0.05) is 147 Å². The average molecular weight is 647 g/mol. The van der Waals surface area contributed by atoms with Gasteiger partial charge < -0.3 is 10.6 Å². The van der Waals surface area contributed by atoms with Gasteiger partial charge in [-0.15, -0.1) is 0 Å². The maximum atomic E-state index is 3.73. The third kappa shape index (κ3) is 15.3. The molecular weight excluding hydrogens is 585 g/mol. The van der Waals surface area contributed by atoms with Gasteiger partial charge in [-0.05, 0) is 101 Å². The molecule has 2 N–H and O–H groups in total. The van der Waals surface area contributed by atoms with Crippen LogP contribution in [0, 0.1) is 0 Å². The average Bonchev–Trinajstić information content (AvgIpc) is 3.14. The van der Waals surface area contributed by atoms with Crippen molar-refractivity contribution in [3.8, 4) is 0 Å². The molecule has 0 spiro atoms. The molecule has 0 bridgehead atoms. The van der Waals surface area contributed by atoms with Crippen LogP contribution in [0.2, 0.25) is 0 Å². The zero-order valence-electron chi connectivity index (χ0n) is 29.9. The molecule has 4 heteroatoms. The summed E-state index contributed by atoms with van der Waals surface area (Å²) in [5.41, 5.74) is 5.57. The molecule has 0 saturated heterocycles. The van der Waals surface area contributed by atoms with E-state index >= 15 is 0 Å². The van der Waals surface area contributed by atoms with Crippen LogP contribution in [0.1, 0.15) is 99.6 Å². The molecule has 0 saturated carbocycles. The second-order valence-corrected chi connectivity index (χ2v) is 13.5. The van der Waals surface area contributed by atoms with Gasteiger partial charge in [0.1, 0.15) is 0 Å². The minimum Gasteiger partial charge on any atom is -0.310 e. The van der Waals surface area contributed by atoms with Gasteiger partial charge in [0.2, 0.25) is 0 Å². The summed E-state index contributed by atoms with van der Waals surface area (Å²) < 4.78 is 0. The number of hydrogen-bond donors (Lipinski definition) is 2. The van der Waals surface area contributed by atoms with Gasteiger partial charge in [-0.25, -0.2) is 0 Å². The first-order chi connectivity index (χ1) is 23.7. The van der Waals surface area contributed by atoms with Crippen molar-refractivity contribution in [3.05, 3.63) is 144 Å². The molecule has 4 rings (SSSR count). The fourth-order valence-corrected chi connectivity index (χ4v) is 6.56. The Kier molecular flexibility index (Phi) is 18.1. The molecule has 0 aliphatic heterocycles. The Morgan fingerprint density at radius 2 is 0.708 bits per heavy atom. The number of hydrogen-bond acceptors (Lipinski definition) is 4. The Balaban J connectivity index is 1.11. The lowest BCUT2D eigenvalue weighted by atomic mass is 10.1. The Morgan fingerprint density at radius 3 is 1.08 bits per heavy atom. The van der Waals surface area contributed by atoms with Gasteiger partial charge in [0.05, 0.1) is 0 Å². The summed E-state index contributed by atoms with van der Waals surface area (Å²) in [6, 6.07) is 44.3. The zero-order valence-corrected chi connectivity index (χ0v) is 29.9. The Morgan fingerprint density at radius 1 is 0.396 bits per heavy atom. The lowest BCUT2D eigenvalue weighted by Crippen LogP contribution is -2.29. The fourth-order valence-electron chi connectivity index (χ4n) is 6.56. The maximum Gasteiger partial charge on any atom is 0.0291 e. The van der Waals surface area contributed by atoms with Crippen molar-refractivity contribution < 1.29 is 0 Å². The highest BCUT2D eigenvalue weighted by Gasteiger charge is 2.10. The van der Waals surface area contributed by atoms with Gasteiger partial charge in [0, 0.05) is 25.2 Å². The van der Waals surface area contributed by atoms with Crippen molar-refractivity contribution in [3.63, 3.8) is 0 Å². The molecule has 2 unspecified atom stereocenters. The van der Waals surface area contributed by atoms with Gasteiger partial charge in [0.15, 0.2) is 0 Å². The summed E-state index contributed by atoms with van der Waals surface area (Å²) in [6.07, 6.45) is 10.3. The zero-order chi connectivity index (χ0) is 33.5. The van der Waals surface area contributed by atoms with Crippen LogP contribution in [-0.2, 0) is 13.1 Å². The molecule has 0 aliphatic carbocycles. The monoisotopic (exact) mass is 646 g/mol. The van der Waals surface area contributed by atoms with Crippen LogP contribution in [0.4, 0.5) is 0 Å². The Bertz CT molecular complexity index is 1210. The van der Waals surface area contributed by atoms with E-state index in [4.69, 9.17) is 0 Å². The minimum atomic E-state index is 0.393. The molecule has 4 aromatic rings. The van der Waals surface area contributed by atoms with E-state index in [1.165, 1.54) is 86.7 Å². The molecule has 0 aromatic heterocycles. The van der Waals surface area contributed by atoms with Crippen LogP contribution in [0.15, 0.2) is 121 Å². The summed E-state index contributed by atoms with van der Waals surface area (Å²) in [5, 5.41) is 7.45. The summed E-state index contributed by atoms with van der Waals surface area (Å²) >= 11 is 0. The predicted octanol–water partition coefficient (Wildman–Crippen LogP) is 9.81. The molecule has 0 heterocycles. The van der Waals surface area contributed by atoms with Gasteiger partial charge in [-0.2, -0.15) is 0 Å². The van der Waals surface area contributed by atoms with Crippen molar-refractivity contribution in [1.29, 1.82) is 0 Å². The van der Waals surface area contributed by atoms with Crippen LogP contribution in [-0.4, -0.2) is 49.1 Å². The third-order valence-corrected chi connectivity index (χ3v) is 9.50. The Hall–Kier alpha value is -3.28. The summed E-state index contributed by atoms with van der Waals surface area (Å²) in [4.78, 5) is 5.34. The lowest BCUT2D eigenvalue weighted by Gasteiger charge is -2.24. The van der Waals surface area contributed by atoms with E-state index in [1.54, 1.807) is 0 Å². The standard InChI is InChI=1S/C44H62N4/c1-39(43-27-15-9-16-28-43)45-31-21-35-47(37-41-23-11-7-12-24-41)33-19-5-3-4-6-20-34-48(38-42-25-13-8-14-26-42)36-22-32-46-40(2)44-29-17-10-18-30-44/h7-18,23-30,39-40,45-46H,3-6,19-22,31-38H2,1-2H3. The number of benzene rings is 4. The van der Waals surface area contributed by atoms with Gasteiger partial charge >= 0.3 is 0 Å². The van der Waals surface area contributed by atoms with E-state index < -0.39 is 0 Å². The molecular formula is C44H62N4. The van der Waals surface area contributed by atoms with Crippen molar-refractivity contribution in [1.82, 2.24) is 20.4 Å². The lowest BCUT2D eigenvalue weighted by molar-refractivity contribution is 0.249. The first kappa shape index (κ1) is 37.5. The third-order valence-electron chi connectivity index (χ3n) is 9.50. The predicted molar refractivity (Wildman–Crippen MR) is 206 cm³/mol. The normalized spacial score (nSPS) is 12.8. The van der Waals surface area contributed by atoms with Crippen LogP contribution >= 0.6 is 0 Å². The van der Waals surface area contributed by atoms with E-state index in [0.717, 1.165) is 39.3 Å². The molecule has 258 valence electrons. The largest absolute Gasteiger partial charge is 0.310 e. The molecule has 0 radical (unpaired) electrons. The van der Waals surface area contributed by atoms with E-state index in [9.17, 15) is 0 Å². The maximum absolute atomic E-state index is 3.73. The molecule has 0 fully saturated rings. The molecule has 2 atom stereocenters. The molecule has 4 nitrogen and oxygen atoms in total. The van der Waals surface area contributed by atoms with Crippen molar-refractivity contribution in [2.45, 2.75) is 90.4 Å². The van der Waals surface area contributed by atoms with Crippen LogP contribution < -0.4 is 10.6 Å². The molecule has 4 aromatic carbocycles. The topological polar surface area (TPSA) is 30.5 Å². The van der Waals surface area contributed by atoms with E-state index in [0.29, 0.717) is 12.1 Å². The highest BCUT2D eigenvalue weighted by molar-refractivity contribution is 5.19. The SMILES string of the molecule is CC(NCCCN(CCCCCCCCN(CCCNC(C)c1ccccc1)Cc1ccccc1)Cc1ccccc1)c1ccccc1. The highest BCUT2D eigenvalue weighted by atomic mass is 15.1. The number of unbranched alkanes of at least 4 members (excludes halogenated alkanes) is 5. The molecule has 0 aliphatic rings. The van der Waals surface area contributed by atoms with Crippen molar-refractivity contribution in [2.24, 2.45) is 0 Å². The van der Waals surface area contributed by atoms with Crippen LogP contribution in [0.5, 0.6) is 0 Å². The van der Waals surface area contributed by atoms with Crippen molar-refractivity contribution in [2.75, 3.05) is 39.3 Å². The minimum absolute atomic E-state index is 0.393. The number of rotatable bonds is 25. The molecule has 0 amide bonds. The second kappa shape index (κ2) is 23.1. The Labute approximate surface area is 293 Å². The van der Waals surface area contributed by atoms with E-state index in [1.807, 2.05) is 0 Å². The first-order valence-corrected chi connectivity index (χ1v) is 18.8. The summed E-state index contributed by atoms with van der Waals surface area (Å²) in [6.45, 7) is 13.4. The van der Waals surface area contributed by atoms with Crippen LogP contribution in [0.25, 0.3) is 0 Å². The van der Waals surface area contributed by atoms with E-state index in [2.05, 4.69) is 156 Å². The quantitative estimate of drug-likeness (QED) is 0.0702. The number of nitrogens with zero attached hydrogens (tertiary/aromatic N) is 2. The fraction of sp³-hybridized carbons (Fsp3) is 0.455. The van der Waals surface area contributed by atoms with Gasteiger partial charge in [-0.3, -0.25) is 9.80 Å². The summed E-state index contributed by atoms with van der Waals surface area (Å²) in [7, 11) is 0. The van der Waals surface area contributed by atoms with Crippen molar-refractivity contribution >= 4 is 0 Å².